The van der Waals surface area contributed by atoms with E-state index in [0.717, 1.165) is 24.2 Å². The van der Waals surface area contributed by atoms with Crippen molar-refractivity contribution in [1.82, 2.24) is 0 Å². The minimum absolute atomic E-state index is 0.0478. The summed E-state index contributed by atoms with van der Waals surface area (Å²) in [5, 5.41) is 9.68. The van der Waals surface area contributed by atoms with Crippen LogP contribution in [0.4, 0.5) is 0 Å². The summed E-state index contributed by atoms with van der Waals surface area (Å²) >= 11 is 0. The molecule has 0 aromatic carbocycles. The molecule has 2 aliphatic rings. The first-order valence-corrected chi connectivity index (χ1v) is 9.60. The van der Waals surface area contributed by atoms with E-state index in [1.54, 1.807) is 0 Å². The summed E-state index contributed by atoms with van der Waals surface area (Å²) in [5.74, 6) is 2.88. The van der Waals surface area contributed by atoms with E-state index in [-0.39, 0.29) is 5.41 Å². The monoisotopic (exact) mass is 289 g/mol. The molecule has 0 heterocycles. The lowest BCUT2D eigenvalue weighted by molar-refractivity contribution is 0.119. The zero-order valence-corrected chi connectivity index (χ0v) is 14.4. The maximum atomic E-state index is 9.68. The summed E-state index contributed by atoms with van der Waals surface area (Å²) in [6, 6.07) is 2.72. The Labute approximate surface area is 132 Å². The van der Waals surface area contributed by atoms with Crippen LogP contribution in [0.1, 0.15) is 97.3 Å². The van der Waals surface area contributed by atoms with Gasteiger partial charge in [-0.3, -0.25) is 0 Å². The predicted octanol–water partition coefficient (Wildman–Crippen LogP) is 6.48. The van der Waals surface area contributed by atoms with Crippen LogP contribution in [-0.2, 0) is 0 Å². The van der Waals surface area contributed by atoms with Crippen molar-refractivity contribution >= 4 is 0 Å². The fourth-order valence-corrected chi connectivity index (χ4v) is 4.73. The average Bonchev–Trinajstić information content (AvgIpc) is 2.53. The highest BCUT2D eigenvalue weighted by molar-refractivity contribution is 5.02. The lowest BCUT2D eigenvalue weighted by atomic mass is 9.63. The molecule has 1 nitrogen and oxygen atoms in total. The van der Waals surface area contributed by atoms with Gasteiger partial charge in [-0.25, -0.2) is 0 Å². The van der Waals surface area contributed by atoms with E-state index in [1.807, 2.05) is 0 Å². The van der Waals surface area contributed by atoms with Crippen LogP contribution in [-0.4, -0.2) is 0 Å². The summed E-state index contributed by atoms with van der Waals surface area (Å²) in [4.78, 5) is 0. The molecule has 0 unspecified atom stereocenters. The van der Waals surface area contributed by atoms with Crippen molar-refractivity contribution in [2.45, 2.75) is 97.3 Å². The molecule has 0 aliphatic heterocycles. The van der Waals surface area contributed by atoms with Gasteiger partial charge in [0, 0.05) is 0 Å². The van der Waals surface area contributed by atoms with E-state index in [2.05, 4.69) is 19.9 Å². The number of hydrogen-bond donors (Lipinski definition) is 0. The standard InChI is InChI=1S/C20H35N/c1-3-4-5-6-13-20(16-21)14-11-19(12-15-20)18-9-7-17(2)8-10-18/h17-19H,3-15H2,1-2H3/t17?,18?,19-,20+. The molecule has 0 bridgehead atoms. The average molecular weight is 290 g/mol. The number of unbranched alkanes of at least 4 members (excludes halogenated alkanes) is 3. The predicted molar refractivity (Wildman–Crippen MR) is 89.9 cm³/mol. The molecule has 2 aliphatic carbocycles. The first kappa shape index (κ1) is 16.9. The molecule has 0 spiro atoms. The van der Waals surface area contributed by atoms with Gasteiger partial charge in [-0.2, -0.15) is 5.26 Å². The SMILES string of the molecule is CCCCCC[C@]1(C#N)CC[C@@H](C2CCC(C)CC2)CC1. The smallest absolute Gasteiger partial charge is 0.0689 e. The van der Waals surface area contributed by atoms with Crippen LogP contribution in [0.2, 0.25) is 0 Å². The quantitative estimate of drug-likeness (QED) is 0.513. The third-order valence-corrected chi connectivity index (χ3v) is 6.46. The van der Waals surface area contributed by atoms with E-state index in [0.29, 0.717) is 0 Å². The lowest BCUT2D eigenvalue weighted by Crippen LogP contribution is -2.30. The Kier molecular flexibility index (Phi) is 6.59. The topological polar surface area (TPSA) is 23.8 Å². The largest absolute Gasteiger partial charge is 0.198 e. The molecule has 0 aromatic heterocycles. The van der Waals surface area contributed by atoms with Crippen LogP contribution in [0.3, 0.4) is 0 Å². The Balaban J connectivity index is 1.76. The Hall–Kier alpha value is -0.510. The first-order valence-electron chi connectivity index (χ1n) is 9.60. The highest BCUT2D eigenvalue weighted by atomic mass is 14.4. The van der Waals surface area contributed by atoms with Gasteiger partial charge in [0.25, 0.3) is 0 Å². The van der Waals surface area contributed by atoms with Crippen LogP contribution in [0.5, 0.6) is 0 Å². The molecule has 0 N–H and O–H groups in total. The van der Waals surface area contributed by atoms with E-state index in [9.17, 15) is 5.26 Å². The van der Waals surface area contributed by atoms with Crippen molar-refractivity contribution in [3.05, 3.63) is 0 Å². The lowest BCUT2D eigenvalue weighted by Gasteiger charge is -2.40. The fraction of sp³-hybridized carbons (Fsp3) is 0.950. The first-order chi connectivity index (χ1) is 10.2. The molecule has 2 saturated carbocycles. The summed E-state index contributed by atoms with van der Waals surface area (Å²) < 4.78 is 0. The van der Waals surface area contributed by atoms with Crippen molar-refractivity contribution in [3.8, 4) is 6.07 Å². The molecule has 0 saturated heterocycles. The Morgan fingerprint density at radius 2 is 1.52 bits per heavy atom. The van der Waals surface area contributed by atoms with Crippen LogP contribution < -0.4 is 0 Å². The highest BCUT2D eigenvalue weighted by Crippen LogP contribution is 2.47. The van der Waals surface area contributed by atoms with Gasteiger partial charge in [0.05, 0.1) is 11.5 Å². The Morgan fingerprint density at radius 3 is 2.10 bits per heavy atom. The second-order valence-electron chi connectivity index (χ2n) is 8.06. The maximum absolute atomic E-state index is 9.68. The molecule has 0 amide bonds. The van der Waals surface area contributed by atoms with Gasteiger partial charge in [0.1, 0.15) is 0 Å². The van der Waals surface area contributed by atoms with Crippen LogP contribution in [0, 0.1) is 34.5 Å². The van der Waals surface area contributed by atoms with Gasteiger partial charge >= 0.3 is 0 Å². The van der Waals surface area contributed by atoms with Gasteiger partial charge in [0.15, 0.2) is 0 Å². The zero-order valence-electron chi connectivity index (χ0n) is 14.4. The molecule has 120 valence electrons. The number of nitriles is 1. The van der Waals surface area contributed by atoms with Crippen LogP contribution in [0.25, 0.3) is 0 Å². The molecule has 0 aromatic rings. The molecular weight excluding hydrogens is 254 g/mol. The third-order valence-electron chi connectivity index (χ3n) is 6.46. The van der Waals surface area contributed by atoms with Crippen molar-refractivity contribution in [2.24, 2.45) is 23.2 Å². The van der Waals surface area contributed by atoms with Gasteiger partial charge < -0.3 is 0 Å². The Morgan fingerprint density at radius 1 is 0.905 bits per heavy atom. The second kappa shape index (κ2) is 8.21. The summed E-state index contributed by atoms with van der Waals surface area (Å²) in [6.45, 7) is 4.67. The molecule has 1 heteroatoms. The number of hydrogen-bond acceptors (Lipinski definition) is 1. The van der Waals surface area contributed by atoms with Crippen molar-refractivity contribution in [3.63, 3.8) is 0 Å². The van der Waals surface area contributed by atoms with Gasteiger partial charge in [-0.15, -0.1) is 0 Å². The Bertz CT molecular complexity index is 324. The van der Waals surface area contributed by atoms with Crippen LogP contribution in [0.15, 0.2) is 0 Å². The number of nitrogens with zero attached hydrogens (tertiary/aromatic N) is 1. The van der Waals surface area contributed by atoms with Gasteiger partial charge in [-0.1, -0.05) is 52.4 Å². The molecule has 2 fully saturated rings. The normalized spacial score (nSPS) is 37.1. The maximum Gasteiger partial charge on any atom is 0.0689 e. The van der Waals surface area contributed by atoms with E-state index in [4.69, 9.17) is 0 Å². The highest BCUT2D eigenvalue weighted by Gasteiger charge is 2.37. The minimum Gasteiger partial charge on any atom is -0.198 e. The summed E-state index contributed by atoms with van der Waals surface area (Å²) in [7, 11) is 0. The minimum atomic E-state index is 0.0478. The molecule has 0 atom stereocenters. The van der Waals surface area contributed by atoms with Gasteiger partial charge in [-0.05, 0) is 62.7 Å². The molecule has 2 rings (SSSR count). The molecular formula is C20H35N. The third kappa shape index (κ3) is 4.73. The molecule has 0 radical (unpaired) electrons. The van der Waals surface area contributed by atoms with E-state index >= 15 is 0 Å². The van der Waals surface area contributed by atoms with Crippen molar-refractivity contribution < 1.29 is 0 Å². The fourth-order valence-electron chi connectivity index (χ4n) is 4.73. The molecule has 21 heavy (non-hydrogen) atoms. The van der Waals surface area contributed by atoms with Crippen LogP contribution >= 0.6 is 0 Å². The number of rotatable bonds is 6. The van der Waals surface area contributed by atoms with E-state index in [1.165, 1.54) is 77.0 Å². The van der Waals surface area contributed by atoms with E-state index < -0.39 is 0 Å². The van der Waals surface area contributed by atoms with Crippen molar-refractivity contribution in [1.29, 1.82) is 5.26 Å². The second-order valence-corrected chi connectivity index (χ2v) is 8.06. The van der Waals surface area contributed by atoms with Gasteiger partial charge in [0.2, 0.25) is 0 Å². The van der Waals surface area contributed by atoms with Crippen molar-refractivity contribution in [2.75, 3.05) is 0 Å². The summed E-state index contributed by atoms with van der Waals surface area (Å²) in [5.41, 5.74) is 0.0478. The zero-order chi connectivity index (χ0) is 15.1. The summed E-state index contributed by atoms with van der Waals surface area (Å²) in [6.07, 6.45) is 17.2.